The predicted octanol–water partition coefficient (Wildman–Crippen LogP) is 1.72. The van der Waals surface area contributed by atoms with Crippen LogP contribution in [0.4, 0.5) is 0 Å². The lowest BCUT2D eigenvalue weighted by molar-refractivity contribution is -0.122. The molecule has 9 heteroatoms. The van der Waals surface area contributed by atoms with E-state index in [0.29, 0.717) is 13.1 Å². The van der Waals surface area contributed by atoms with Gasteiger partial charge in [-0.15, -0.1) is 5.10 Å². The fraction of sp³-hybridized carbons (Fsp3) is 0.476. The Balaban J connectivity index is 1.30. The highest BCUT2D eigenvalue weighted by Gasteiger charge is 2.19. The minimum absolute atomic E-state index is 0.110. The van der Waals surface area contributed by atoms with Crippen molar-refractivity contribution in [3.8, 4) is 5.69 Å². The number of carbonyl (C=O) groups is 1. The van der Waals surface area contributed by atoms with Gasteiger partial charge in [-0.25, -0.2) is 9.36 Å². The normalized spacial score (nSPS) is 15.4. The number of piperidine rings is 1. The van der Waals surface area contributed by atoms with Crippen LogP contribution in [0.3, 0.4) is 0 Å². The second kappa shape index (κ2) is 9.17. The fourth-order valence-corrected chi connectivity index (χ4v) is 3.68. The van der Waals surface area contributed by atoms with Crippen molar-refractivity contribution in [2.24, 2.45) is 5.92 Å². The van der Waals surface area contributed by atoms with Gasteiger partial charge in [-0.2, -0.15) is 5.10 Å². The van der Waals surface area contributed by atoms with Gasteiger partial charge in [-0.3, -0.25) is 9.69 Å². The van der Waals surface area contributed by atoms with E-state index in [9.17, 15) is 4.79 Å². The van der Waals surface area contributed by atoms with Gasteiger partial charge in [0.2, 0.25) is 5.91 Å². The van der Waals surface area contributed by atoms with Crippen LogP contribution in [0.25, 0.3) is 5.69 Å². The Bertz CT molecular complexity index is 986. The molecule has 9 nitrogen and oxygen atoms in total. The molecule has 0 spiro atoms. The number of aryl methyl sites for hydroxylation is 1. The number of hydrogen-bond donors (Lipinski definition) is 1. The molecule has 158 valence electrons. The van der Waals surface area contributed by atoms with E-state index in [4.69, 9.17) is 0 Å². The van der Waals surface area contributed by atoms with Crippen molar-refractivity contribution < 1.29 is 4.79 Å². The number of amides is 1. The van der Waals surface area contributed by atoms with Crippen LogP contribution in [-0.4, -0.2) is 53.9 Å². The molecule has 1 aromatic carbocycles. The highest BCUT2D eigenvalue weighted by atomic mass is 16.2. The van der Waals surface area contributed by atoms with Crippen molar-refractivity contribution in [2.75, 3.05) is 13.1 Å². The summed E-state index contributed by atoms with van der Waals surface area (Å²) in [6.45, 7) is 7.63. The molecule has 1 saturated heterocycles. The number of aromatic nitrogens is 6. The Kier molecular flexibility index (Phi) is 6.18. The maximum Gasteiger partial charge on any atom is 0.242 e. The zero-order valence-electron chi connectivity index (χ0n) is 17.5. The maximum absolute atomic E-state index is 12.4. The molecule has 1 fully saturated rings. The Hall–Kier alpha value is -3.07. The van der Waals surface area contributed by atoms with Gasteiger partial charge >= 0.3 is 0 Å². The minimum Gasteiger partial charge on any atom is -0.350 e. The smallest absolute Gasteiger partial charge is 0.242 e. The van der Waals surface area contributed by atoms with Crippen molar-refractivity contribution in [2.45, 2.75) is 46.3 Å². The Morgan fingerprint density at radius 3 is 2.83 bits per heavy atom. The summed E-state index contributed by atoms with van der Waals surface area (Å²) in [4.78, 5) is 14.8. The van der Waals surface area contributed by atoms with E-state index in [-0.39, 0.29) is 12.5 Å². The van der Waals surface area contributed by atoms with E-state index in [0.717, 1.165) is 41.6 Å². The second-order valence-electron chi connectivity index (χ2n) is 8.07. The lowest BCUT2D eigenvalue weighted by atomic mass is 9.99. The third kappa shape index (κ3) is 4.91. The first-order valence-corrected chi connectivity index (χ1v) is 10.4. The molecule has 3 heterocycles. The van der Waals surface area contributed by atoms with Crippen LogP contribution in [0.5, 0.6) is 0 Å². The van der Waals surface area contributed by atoms with Crippen molar-refractivity contribution in [1.29, 1.82) is 0 Å². The molecule has 1 amide bonds. The van der Waals surface area contributed by atoms with E-state index in [1.807, 2.05) is 42.1 Å². The first-order valence-electron chi connectivity index (χ1n) is 10.4. The monoisotopic (exact) mass is 408 g/mol. The van der Waals surface area contributed by atoms with Crippen LogP contribution in [0.1, 0.15) is 36.7 Å². The third-order valence-corrected chi connectivity index (χ3v) is 5.63. The topological polar surface area (TPSA) is 93.8 Å². The standard InChI is InChI=1S/C21H28N8O/c1-16-7-9-27(10-8-16)14-20-24-25-26-29(20)15-21(30)22-11-18-12-23-28(13-18)19-6-4-3-5-17(19)2/h3-6,12-13,16H,7-11,14-15H2,1-2H3,(H,22,30). The van der Waals surface area contributed by atoms with E-state index in [2.05, 4.69) is 37.8 Å². The average molecular weight is 409 g/mol. The molecule has 0 saturated carbocycles. The van der Waals surface area contributed by atoms with Crippen LogP contribution in [-0.2, 0) is 24.4 Å². The molecule has 0 bridgehead atoms. The number of hydrogen-bond acceptors (Lipinski definition) is 6. The molecule has 0 radical (unpaired) electrons. The van der Waals surface area contributed by atoms with Crippen molar-refractivity contribution >= 4 is 5.91 Å². The number of tetrazole rings is 1. The van der Waals surface area contributed by atoms with Gasteiger partial charge in [0.1, 0.15) is 6.54 Å². The van der Waals surface area contributed by atoms with Gasteiger partial charge in [-0.1, -0.05) is 25.1 Å². The summed E-state index contributed by atoms with van der Waals surface area (Å²) in [5, 5.41) is 19.2. The van der Waals surface area contributed by atoms with Gasteiger partial charge in [0.05, 0.1) is 18.4 Å². The van der Waals surface area contributed by atoms with E-state index >= 15 is 0 Å². The first kappa shape index (κ1) is 20.2. The summed E-state index contributed by atoms with van der Waals surface area (Å²) in [6, 6.07) is 8.06. The molecule has 3 aromatic rings. The molecule has 30 heavy (non-hydrogen) atoms. The van der Waals surface area contributed by atoms with Gasteiger partial charge in [0.15, 0.2) is 5.82 Å². The van der Waals surface area contributed by atoms with E-state index in [1.54, 1.807) is 10.9 Å². The van der Waals surface area contributed by atoms with Crippen molar-refractivity contribution in [3.63, 3.8) is 0 Å². The van der Waals surface area contributed by atoms with Crippen LogP contribution in [0.15, 0.2) is 36.7 Å². The van der Waals surface area contributed by atoms with Crippen LogP contribution < -0.4 is 5.32 Å². The molecule has 0 unspecified atom stereocenters. The van der Waals surface area contributed by atoms with E-state index < -0.39 is 0 Å². The number of likely N-dealkylation sites (tertiary alicyclic amines) is 1. The maximum atomic E-state index is 12.4. The number of benzene rings is 1. The lowest BCUT2D eigenvalue weighted by Gasteiger charge is -2.29. The van der Waals surface area contributed by atoms with Gasteiger partial charge in [0, 0.05) is 18.3 Å². The van der Waals surface area contributed by atoms with Crippen LogP contribution in [0.2, 0.25) is 0 Å². The van der Waals surface area contributed by atoms with E-state index in [1.165, 1.54) is 12.8 Å². The molecule has 2 aromatic heterocycles. The largest absolute Gasteiger partial charge is 0.350 e. The average Bonchev–Trinajstić information content (AvgIpc) is 3.38. The highest BCUT2D eigenvalue weighted by molar-refractivity contribution is 5.75. The highest BCUT2D eigenvalue weighted by Crippen LogP contribution is 2.17. The predicted molar refractivity (Wildman–Crippen MR) is 112 cm³/mol. The number of nitrogens with one attached hydrogen (secondary N) is 1. The second-order valence-corrected chi connectivity index (χ2v) is 8.07. The first-order chi connectivity index (χ1) is 14.6. The Labute approximate surface area is 176 Å². The number of para-hydroxylation sites is 1. The number of nitrogens with zero attached hydrogens (tertiary/aromatic N) is 7. The summed E-state index contributed by atoms with van der Waals surface area (Å²) in [7, 11) is 0. The van der Waals surface area contributed by atoms with Crippen LogP contribution in [0, 0.1) is 12.8 Å². The summed E-state index contributed by atoms with van der Waals surface area (Å²) in [6.07, 6.45) is 6.09. The van der Waals surface area contributed by atoms with Gasteiger partial charge < -0.3 is 5.32 Å². The molecule has 1 aliphatic rings. The molecular formula is C21H28N8O. The molecule has 0 aliphatic carbocycles. The number of rotatable bonds is 7. The molecular weight excluding hydrogens is 380 g/mol. The fourth-order valence-electron chi connectivity index (χ4n) is 3.68. The quantitative estimate of drug-likeness (QED) is 0.640. The van der Waals surface area contributed by atoms with Crippen molar-refractivity contribution in [1.82, 2.24) is 40.2 Å². The zero-order valence-corrected chi connectivity index (χ0v) is 17.5. The molecule has 1 N–H and O–H groups in total. The third-order valence-electron chi connectivity index (χ3n) is 5.63. The van der Waals surface area contributed by atoms with Gasteiger partial charge in [-0.05, 0) is 60.8 Å². The minimum atomic E-state index is -0.126. The lowest BCUT2D eigenvalue weighted by Crippen LogP contribution is -2.34. The van der Waals surface area contributed by atoms with Crippen molar-refractivity contribution in [3.05, 3.63) is 53.6 Å². The molecule has 0 atom stereocenters. The summed E-state index contributed by atoms with van der Waals surface area (Å²) in [5.74, 6) is 1.38. The SMILES string of the molecule is Cc1ccccc1-n1cc(CNC(=O)Cn2nnnc2CN2CCC(C)CC2)cn1. The number of carbonyl (C=O) groups excluding carboxylic acids is 1. The molecule has 4 rings (SSSR count). The summed E-state index contributed by atoms with van der Waals surface area (Å²) < 4.78 is 3.42. The Morgan fingerprint density at radius 2 is 2.03 bits per heavy atom. The van der Waals surface area contributed by atoms with Gasteiger partial charge in [0.25, 0.3) is 0 Å². The summed E-state index contributed by atoms with van der Waals surface area (Å²) >= 11 is 0. The zero-order chi connectivity index (χ0) is 20.9. The molecule has 1 aliphatic heterocycles. The summed E-state index contributed by atoms with van der Waals surface area (Å²) in [5.41, 5.74) is 3.11. The Morgan fingerprint density at radius 1 is 1.23 bits per heavy atom. The van der Waals surface area contributed by atoms with Crippen LogP contribution >= 0.6 is 0 Å².